The maximum Gasteiger partial charge on any atom is 0.0936 e. The Labute approximate surface area is 79.6 Å². The molecule has 2 aromatic heterocycles. The van der Waals surface area contributed by atoms with Crippen LogP contribution < -0.4 is 0 Å². The molecule has 3 aromatic rings. The Morgan fingerprint density at radius 3 is 2.43 bits per heavy atom. The van der Waals surface area contributed by atoms with Crippen LogP contribution in [0.1, 0.15) is 0 Å². The lowest BCUT2D eigenvalue weighted by molar-refractivity contribution is 1.05. The van der Waals surface area contributed by atoms with Gasteiger partial charge in [-0.25, -0.2) is 0 Å². The standard InChI is InChI=1S/C10H6N4/c1-2-11-14-10-4-9-6-13-12-5-8(9)3-7(1)10/h1-6H. The van der Waals surface area contributed by atoms with Crippen molar-refractivity contribution in [2.24, 2.45) is 0 Å². The Balaban J connectivity index is 2.52. The van der Waals surface area contributed by atoms with Gasteiger partial charge in [-0.3, -0.25) is 0 Å². The summed E-state index contributed by atoms with van der Waals surface area (Å²) in [6, 6.07) is 5.93. The van der Waals surface area contributed by atoms with E-state index >= 15 is 0 Å². The minimum absolute atomic E-state index is 0.882. The molecule has 2 heterocycles. The summed E-state index contributed by atoms with van der Waals surface area (Å²) in [5, 5.41) is 18.7. The van der Waals surface area contributed by atoms with Crippen molar-refractivity contribution in [3.8, 4) is 0 Å². The van der Waals surface area contributed by atoms with Crippen LogP contribution in [-0.4, -0.2) is 20.4 Å². The second-order valence-electron chi connectivity index (χ2n) is 3.06. The van der Waals surface area contributed by atoms with Crippen molar-refractivity contribution >= 4 is 21.7 Å². The van der Waals surface area contributed by atoms with Gasteiger partial charge in [-0.05, 0) is 18.2 Å². The summed E-state index contributed by atoms with van der Waals surface area (Å²) >= 11 is 0. The van der Waals surface area contributed by atoms with E-state index in [1.54, 1.807) is 18.6 Å². The molecular weight excluding hydrogens is 176 g/mol. The van der Waals surface area contributed by atoms with Crippen LogP contribution >= 0.6 is 0 Å². The maximum atomic E-state index is 4.03. The van der Waals surface area contributed by atoms with Crippen LogP contribution in [0.3, 0.4) is 0 Å². The molecule has 66 valence electrons. The quantitative estimate of drug-likeness (QED) is 0.495. The van der Waals surface area contributed by atoms with Crippen molar-refractivity contribution in [3.05, 3.63) is 36.8 Å². The highest BCUT2D eigenvalue weighted by Crippen LogP contribution is 2.18. The van der Waals surface area contributed by atoms with Crippen molar-refractivity contribution in [2.45, 2.75) is 0 Å². The zero-order valence-electron chi connectivity index (χ0n) is 7.25. The molecule has 0 radical (unpaired) electrons. The number of nitrogens with zero attached hydrogens (tertiary/aromatic N) is 4. The van der Waals surface area contributed by atoms with Gasteiger partial charge in [-0.15, -0.1) is 0 Å². The first-order valence-corrected chi connectivity index (χ1v) is 4.25. The first kappa shape index (κ1) is 7.32. The van der Waals surface area contributed by atoms with Crippen LogP contribution in [0.15, 0.2) is 36.8 Å². The molecule has 0 bridgehead atoms. The van der Waals surface area contributed by atoms with Crippen molar-refractivity contribution in [1.82, 2.24) is 20.4 Å². The van der Waals surface area contributed by atoms with Gasteiger partial charge in [0.1, 0.15) is 0 Å². The first-order valence-electron chi connectivity index (χ1n) is 4.25. The third-order valence-corrected chi connectivity index (χ3v) is 2.18. The lowest BCUT2D eigenvalue weighted by Crippen LogP contribution is -1.85. The van der Waals surface area contributed by atoms with E-state index in [0.29, 0.717) is 0 Å². The predicted molar refractivity (Wildman–Crippen MR) is 52.6 cm³/mol. The van der Waals surface area contributed by atoms with Crippen LogP contribution in [0.5, 0.6) is 0 Å². The molecular formula is C10H6N4. The van der Waals surface area contributed by atoms with Crippen molar-refractivity contribution in [3.63, 3.8) is 0 Å². The zero-order valence-corrected chi connectivity index (χ0v) is 7.25. The third kappa shape index (κ3) is 1.01. The van der Waals surface area contributed by atoms with E-state index < -0.39 is 0 Å². The third-order valence-electron chi connectivity index (χ3n) is 2.18. The highest BCUT2D eigenvalue weighted by molar-refractivity contribution is 5.95. The molecule has 0 amide bonds. The van der Waals surface area contributed by atoms with E-state index in [2.05, 4.69) is 20.4 Å². The van der Waals surface area contributed by atoms with Crippen LogP contribution in [-0.2, 0) is 0 Å². The number of hydrogen-bond donors (Lipinski definition) is 0. The number of benzene rings is 1. The first-order chi connectivity index (χ1) is 6.93. The van der Waals surface area contributed by atoms with Gasteiger partial charge in [-0.2, -0.15) is 20.4 Å². The minimum atomic E-state index is 0.882. The second kappa shape index (κ2) is 2.70. The zero-order chi connectivity index (χ0) is 9.38. The Hall–Kier alpha value is -2.10. The summed E-state index contributed by atoms with van der Waals surface area (Å²) in [7, 11) is 0. The molecule has 0 saturated heterocycles. The lowest BCUT2D eigenvalue weighted by atomic mass is 10.1. The minimum Gasteiger partial charge on any atom is -0.159 e. The van der Waals surface area contributed by atoms with Crippen molar-refractivity contribution in [1.29, 1.82) is 0 Å². The van der Waals surface area contributed by atoms with E-state index in [1.165, 1.54) is 0 Å². The van der Waals surface area contributed by atoms with E-state index in [9.17, 15) is 0 Å². The maximum absolute atomic E-state index is 4.03. The van der Waals surface area contributed by atoms with Crippen LogP contribution in [0.2, 0.25) is 0 Å². The number of aromatic nitrogens is 4. The van der Waals surface area contributed by atoms with E-state index in [1.807, 2.05) is 18.2 Å². The summed E-state index contributed by atoms with van der Waals surface area (Å²) in [4.78, 5) is 0. The monoisotopic (exact) mass is 182 g/mol. The molecule has 0 atom stereocenters. The van der Waals surface area contributed by atoms with Crippen LogP contribution in [0, 0.1) is 0 Å². The van der Waals surface area contributed by atoms with Gasteiger partial charge in [0.05, 0.1) is 24.1 Å². The van der Waals surface area contributed by atoms with Crippen molar-refractivity contribution in [2.75, 3.05) is 0 Å². The van der Waals surface area contributed by atoms with Gasteiger partial charge in [0.15, 0.2) is 0 Å². The molecule has 4 heteroatoms. The number of hydrogen-bond acceptors (Lipinski definition) is 4. The molecule has 0 spiro atoms. The Morgan fingerprint density at radius 2 is 1.57 bits per heavy atom. The van der Waals surface area contributed by atoms with Gasteiger partial charge in [0, 0.05) is 16.2 Å². The highest BCUT2D eigenvalue weighted by Gasteiger charge is 1.98. The summed E-state index contributed by atoms with van der Waals surface area (Å²) in [5.74, 6) is 0. The Morgan fingerprint density at radius 1 is 0.786 bits per heavy atom. The van der Waals surface area contributed by atoms with Crippen LogP contribution in [0.25, 0.3) is 21.7 Å². The molecule has 1 aromatic carbocycles. The lowest BCUT2D eigenvalue weighted by Gasteiger charge is -1.98. The number of rotatable bonds is 0. The molecule has 14 heavy (non-hydrogen) atoms. The molecule has 4 nitrogen and oxygen atoms in total. The van der Waals surface area contributed by atoms with Gasteiger partial charge in [-0.1, -0.05) is 0 Å². The number of fused-ring (bicyclic) bond motifs is 2. The van der Waals surface area contributed by atoms with Crippen molar-refractivity contribution < 1.29 is 0 Å². The fraction of sp³-hybridized carbons (Fsp3) is 0. The molecule has 0 saturated carbocycles. The Bertz CT molecular complexity index is 501. The smallest absolute Gasteiger partial charge is 0.0936 e. The molecule has 0 N–H and O–H groups in total. The van der Waals surface area contributed by atoms with Gasteiger partial charge in [0.25, 0.3) is 0 Å². The van der Waals surface area contributed by atoms with Gasteiger partial charge < -0.3 is 0 Å². The normalized spacial score (nSPS) is 10.9. The summed E-state index contributed by atoms with van der Waals surface area (Å²) < 4.78 is 0. The largest absolute Gasteiger partial charge is 0.159 e. The average Bonchev–Trinajstić information content (AvgIpc) is 2.26. The predicted octanol–water partition coefficient (Wildman–Crippen LogP) is 1.57. The van der Waals surface area contributed by atoms with E-state index in [4.69, 9.17) is 0 Å². The van der Waals surface area contributed by atoms with E-state index in [0.717, 1.165) is 21.7 Å². The fourth-order valence-corrected chi connectivity index (χ4v) is 1.48. The fourth-order valence-electron chi connectivity index (χ4n) is 1.48. The van der Waals surface area contributed by atoms with Gasteiger partial charge >= 0.3 is 0 Å². The summed E-state index contributed by atoms with van der Waals surface area (Å²) in [6.45, 7) is 0. The molecule has 0 fully saturated rings. The SMILES string of the molecule is c1cc2cc3cnncc3cc2nn1. The molecule has 0 aliphatic rings. The molecule has 3 rings (SSSR count). The Kier molecular flexibility index (Phi) is 1.41. The summed E-state index contributed by atoms with van der Waals surface area (Å²) in [5.41, 5.74) is 0.882. The van der Waals surface area contributed by atoms with E-state index in [-0.39, 0.29) is 0 Å². The average molecular weight is 182 g/mol. The van der Waals surface area contributed by atoms with Gasteiger partial charge in [0.2, 0.25) is 0 Å². The second-order valence-corrected chi connectivity index (χ2v) is 3.06. The topological polar surface area (TPSA) is 51.6 Å². The molecule has 0 aliphatic heterocycles. The van der Waals surface area contributed by atoms with Crippen LogP contribution in [0.4, 0.5) is 0 Å². The highest BCUT2D eigenvalue weighted by atomic mass is 15.1. The molecule has 0 unspecified atom stereocenters. The summed E-state index contributed by atoms with van der Waals surface area (Å²) in [6.07, 6.45) is 5.15. The molecule has 0 aliphatic carbocycles.